The number of fused-ring (bicyclic) bond motifs is 1. The van der Waals surface area contributed by atoms with Gasteiger partial charge in [-0.15, -0.1) is 0 Å². The Hall–Kier alpha value is -3.47. The molecule has 5 nitrogen and oxygen atoms in total. The van der Waals surface area contributed by atoms with Gasteiger partial charge in [0.2, 0.25) is 6.41 Å². The number of ether oxygens (including phenoxy) is 1. The summed E-state index contributed by atoms with van der Waals surface area (Å²) >= 11 is 0. The van der Waals surface area contributed by atoms with Crippen LogP contribution in [-0.4, -0.2) is 31.0 Å². The molecule has 0 fully saturated rings. The van der Waals surface area contributed by atoms with E-state index in [1.165, 1.54) is 7.11 Å². The number of benzene rings is 2. The van der Waals surface area contributed by atoms with E-state index in [9.17, 15) is 9.59 Å². The fourth-order valence-electron chi connectivity index (χ4n) is 2.99. The fourth-order valence-corrected chi connectivity index (χ4v) is 2.99. The van der Waals surface area contributed by atoms with Gasteiger partial charge in [0.25, 0.3) is 0 Å². The number of rotatable bonds is 7. The Labute approximate surface area is 157 Å². The van der Waals surface area contributed by atoms with Crippen LogP contribution < -0.4 is 4.90 Å². The van der Waals surface area contributed by atoms with Crippen molar-refractivity contribution in [2.75, 3.05) is 18.6 Å². The minimum absolute atomic E-state index is 0.308. The molecule has 0 aliphatic rings. The molecule has 0 aliphatic heterocycles. The van der Waals surface area contributed by atoms with Gasteiger partial charge in [0.15, 0.2) is 0 Å². The van der Waals surface area contributed by atoms with Crippen molar-refractivity contribution in [3.8, 4) is 0 Å². The molecule has 2 aromatic carbocycles. The van der Waals surface area contributed by atoms with Gasteiger partial charge < -0.3 is 9.64 Å². The summed E-state index contributed by atoms with van der Waals surface area (Å²) in [5.41, 5.74) is 3.66. The lowest BCUT2D eigenvalue weighted by Crippen LogP contribution is -2.24. The molecule has 1 amide bonds. The van der Waals surface area contributed by atoms with E-state index in [0.29, 0.717) is 18.5 Å². The number of amides is 1. The van der Waals surface area contributed by atoms with Crippen molar-refractivity contribution in [3.05, 3.63) is 78.5 Å². The number of carbonyl (C=O) groups excluding carboxylic acids is 2. The zero-order valence-electron chi connectivity index (χ0n) is 15.1. The van der Waals surface area contributed by atoms with E-state index >= 15 is 0 Å². The summed E-state index contributed by atoms with van der Waals surface area (Å²) in [6.07, 6.45) is 3.13. The number of nitrogens with zero attached hydrogens (tertiary/aromatic N) is 2. The van der Waals surface area contributed by atoms with Crippen LogP contribution in [0, 0.1) is 0 Å². The number of esters is 1. The number of anilines is 1. The van der Waals surface area contributed by atoms with Gasteiger partial charge in [0, 0.05) is 23.8 Å². The molecule has 0 aliphatic carbocycles. The Morgan fingerprint density at radius 2 is 2.00 bits per heavy atom. The Kier molecular flexibility index (Phi) is 5.61. The van der Waals surface area contributed by atoms with E-state index in [4.69, 9.17) is 4.74 Å². The van der Waals surface area contributed by atoms with Gasteiger partial charge in [-0.25, -0.2) is 4.79 Å². The van der Waals surface area contributed by atoms with Crippen molar-refractivity contribution in [1.29, 1.82) is 0 Å². The van der Waals surface area contributed by atoms with E-state index in [2.05, 4.69) is 11.6 Å². The monoisotopic (exact) mass is 360 g/mol. The first kappa shape index (κ1) is 18.3. The van der Waals surface area contributed by atoms with Crippen molar-refractivity contribution in [2.24, 2.45) is 0 Å². The maximum Gasteiger partial charge on any atom is 0.337 e. The van der Waals surface area contributed by atoms with Crippen LogP contribution in [-0.2, 0) is 20.7 Å². The van der Waals surface area contributed by atoms with Crippen LogP contribution in [0.1, 0.15) is 11.1 Å². The summed E-state index contributed by atoms with van der Waals surface area (Å²) in [6.45, 7) is 4.30. The van der Waals surface area contributed by atoms with Gasteiger partial charge in [-0.05, 0) is 41.8 Å². The Morgan fingerprint density at radius 3 is 2.78 bits per heavy atom. The van der Waals surface area contributed by atoms with Crippen molar-refractivity contribution in [2.45, 2.75) is 6.42 Å². The van der Waals surface area contributed by atoms with Crippen LogP contribution in [0.25, 0.3) is 16.5 Å². The molecule has 0 radical (unpaired) electrons. The van der Waals surface area contributed by atoms with Crippen LogP contribution >= 0.6 is 0 Å². The average molecular weight is 360 g/mol. The maximum atomic E-state index is 11.8. The van der Waals surface area contributed by atoms with Crippen LogP contribution in [0.5, 0.6) is 0 Å². The minimum atomic E-state index is -0.461. The number of hydrogen-bond acceptors (Lipinski definition) is 4. The van der Waals surface area contributed by atoms with Gasteiger partial charge in [-0.1, -0.05) is 36.9 Å². The van der Waals surface area contributed by atoms with Gasteiger partial charge >= 0.3 is 5.97 Å². The van der Waals surface area contributed by atoms with E-state index < -0.39 is 5.97 Å². The highest BCUT2D eigenvalue weighted by Crippen LogP contribution is 2.23. The van der Waals surface area contributed by atoms with Crippen LogP contribution in [0.3, 0.4) is 0 Å². The molecule has 0 spiro atoms. The molecule has 3 rings (SSSR count). The third-order valence-electron chi connectivity index (χ3n) is 4.44. The van der Waals surface area contributed by atoms with E-state index in [-0.39, 0.29) is 0 Å². The third-order valence-corrected chi connectivity index (χ3v) is 4.44. The molecule has 0 bridgehead atoms. The lowest BCUT2D eigenvalue weighted by atomic mass is 9.98. The lowest BCUT2D eigenvalue weighted by Gasteiger charge is -2.19. The summed E-state index contributed by atoms with van der Waals surface area (Å²) in [5.74, 6) is -0.461. The molecule has 1 heterocycles. The van der Waals surface area contributed by atoms with Gasteiger partial charge in [0.05, 0.1) is 18.2 Å². The normalized spacial score (nSPS) is 10.4. The summed E-state index contributed by atoms with van der Waals surface area (Å²) < 4.78 is 4.77. The molecule has 0 unspecified atom stereocenters. The topological polar surface area (TPSA) is 59.5 Å². The quantitative estimate of drug-likeness (QED) is 0.367. The van der Waals surface area contributed by atoms with E-state index in [1.807, 2.05) is 54.6 Å². The molecule has 136 valence electrons. The van der Waals surface area contributed by atoms with Crippen molar-refractivity contribution >= 4 is 34.5 Å². The van der Waals surface area contributed by atoms with Gasteiger partial charge in [0.1, 0.15) is 0 Å². The first-order valence-electron chi connectivity index (χ1n) is 8.56. The number of carbonyl (C=O) groups is 2. The molecule has 5 heteroatoms. The first-order chi connectivity index (χ1) is 13.1. The summed E-state index contributed by atoms with van der Waals surface area (Å²) in [4.78, 5) is 29.4. The van der Waals surface area contributed by atoms with Gasteiger partial charge in [-0.2, -0.15) is 0 Å². The average Bonchev–Trinajstić information content (AvgIpc) is 2.73. The second-order valence-corrected chi connectivity index (χ2v) is 6.06. The van der Waals surface area contributed by atoms with Crippen molar-refractivity contribution in [3.63, 3.8) is 0 Å². The smallest absolute Gasteiger partial charge is 0.337 e. The highest BCUT2D eigenvalue weighted by atomic mass is 16.5. The molecular weight excluding hydrogens is 340 g/mol. The fraction of sp³-hybridized carbons (Fsp3) is 0.136. The second-order valence-electron chi connectivity index (χ2n) is 6.06. The van der Waals surface area contributed by atoms with E-state index in [1.54, 1.807) is 11.1 Å². The zero-order valence-corrected chi connectivity index (χ0v) is 15.1. The molecule has 0 N–H and O–H groups in total. The lowest BCUT2D eigenvalue weighted by molar-refractivity contribution is -0.133. The predicted octanol–water partition coefficient (Wildman–Crippen LogP) is 3.63. The second kappa shape index (κ2) is 8.27. The number of aromatic nitrogens is 1. The molecule has 3 aromatic rings. The predicted molar refractivity (Wildman–Crippen MR) is 106 cm³/mol. The first-order valence-corrected chi connectivity index (χ1v) is 8.56. The minimum Gasteiger partial charge on any atom is -0.465 e. The Morgan fingerprint density at radius 1 is 1.19 bits per heavy atom. The van der Waals surface area contributed by atoms with Crippen LogP contribution in [0.4, 0.5) is 5.69 Å². The highest BCUT2D eigenvalue weighted by molar-refractivity contribution is 6.16. The van der Waals surface area contributed by atoms with Gasteiger partial charge in [-0.3, -0.25) is 9.78 Å². The molecular formula is C22H20N2O3. The highest BCUT2D eigenvalue weighted by Gasteiger charge is 2.14. The molecule has 0 saturated heterocycles. The summed E-state index contributed by atoms with van der Waals surface area (Å²) in [6, 6.07) is 17.1. The van der Waals surface area contributed by atoms with Crippen LogP contribution in [0.2, 0.25) is 0 Å². The third kappa shape index (κ3) is 4.03. The molecule has 1 aromatic heterocycles. The zero-order chi connectivity index (χ0) is 19.2. The Bertz CT molecular complexity index is 998. The number of methoxy groups -OCH3 is 1. The van der Waals surface area contributed by atoms with Crippen molar-refractivity contribution in [1.82, 2.24) is 4.98 Å². The standard InChI is InChI=1S/C22H20N2O3/c1-16(22(26)27-2)20-8-4-3-6-17(20)11-13-24(15-25)19-9-10-21-18(14-19)7-5-12-23-21/h3-10,12,14-15H,1,11,13H2,2H3. The summed E-state index contributed by atoms with van der Waals surface area (Å²) in [5, 5.41) is 0.973. The van der Waals surface area contributed by atoms with Crippen molar-refractivity contribution < 1.29 is 14.3 Å². The molecule has 27 heavy (non-hydrogen) atoms. The molecule has 0 atom stereocenters. The SMILES string of the molecule is C=C(C(=O)OC)c1ccccc1CCN(C=O)c1ccc2ncccc2c1. The summed E-state index contributed by atoms with van der Waals surface area (Å²) in [7, 11) is 1.33. The molecule has 0 saturated carbocycles. The Balaban J connectivity index is 1.81. The van der Waals surface area contributed by atoms with E-state index in [0.717, 1.165) is 34.1 Å². The number of hydrogen-bond donors (Lipinski definition) is 0. The number of pyridine rings is 1. The maximum absolute atomic E-state index is 11.8. The largest absolute Gasteiger partial charge is 0.465 e. The van der Waals surface area contributed by atoms with Crippen LogP contribution in [0.15, 0.2) is 67.4 Å².